The SMILES string of the molecule is COc1ccc(CCCC(O)/C=C/C2CCCC(O)(CC(=O)[O-])C2)cc1OC. The summed E-state index contributed by atoms with van der Waals surface area (Å²) in [7, 11) is 3.21. The van der Waals surface area contributed by atoms with Crippen molar-refractivity contribution in [1.29, 1.82) is 0 Å². The number of carboxylic acids is 1. The van der Waals surface area contributed by atoms with Crippen LogP contribution in [-0.2, 0) is 11.2 Å². The predicted octanol–water partition coefficient (Wildman–Crippen LogP) is 2.00. The molecule has 1 saturated carbocycles. The number of aryl methyl sites for hydroxylation is 1. The molecule has 6 nitrogen and oxygen atoms in total. The molecular formula is C22H31O6-. The first-order valence-corrected chi connectivity index (χ1v) is 9.85. The highest BCUT2D eigenvalue weighted by Crippen LogP contribution is 2.35. The molecule has 0 radical (unpaired) electrons. The van der Waals surface area contributed by atoms with Crippen molar-refractivity contribution in [1.82, 2.24) is 0 Å². The number of aliphatic carboxylic acids is 1. The van der Waals surface area contributed by atoms with Crippen molar-refractivity contribution in [2.45, 2.75) is 63.1 Å². The van der Waals surface area contributed by atoms with Crippen LogP contribution in [0.15, 0.2) is 30.4 Å². The summed E-state index contributed by atoms with van der Waals surface area (Å²) in [5.74, 6) is 0.253. The van der Waals surface area contributed by atoms with E-state index in [0.717, 1.165) is 31.2 Å². The lowest BCUT2D eigenvalue weighted by atomic mass is 9.76. The van der Waals surface area contributed by atoms with Gasteiger partial charge >= 0.3 is 0 Å². The molecule has 0 bridgehead atoms. The average Bonchev–Trinajstić information content (AvgIpc) is 2.65. The van der Waals surface area contributed by atoms with Gasteiger partial charge in [-0.15, -0.1) is 0 Å². The predicted molar refractivity (Wildman–Crippen MR) is 104 cm³/mol. The van der Waals surface area contributed by atoms with Crippen LogP contribution < -0.4 is 14.6 Å². The molecule has 0 heterocycles. The van der Waals surface area contributed by atoms with Crippen LogP contribution in [-0.4, -0.2) is 42.1 Å². The third kappa shape index (κ3) is 6.84. The molecule has 6 heteroatoms. The first kappa shape index (κ1) is 22.2. The molecule has 1 aromatic rings. The van der Waals surface area contributed by atoms with Gasteiger partial charge in [0, 0.05) is 12.4 Å². The summed E-state index contributed by atoms with van der Waals surface area (Å²) in [5.41, 5.74) is -0.0711. The van der Waals surface area contributed by atoms with E-state index in [1.54, 1.807) is 20.3 Å². The highest BCUT2D eigenvalue weighted by molar-refractivity contribution is 5.65. The number of benzene rings is 1. The minimum Gasteiger partial charge on any atom is -0.550 e. The van der Waals surface area contributed by atoms with E-state index in [4.69, 9.17) is 9.47 Å². The van der Waals surface area contributed by atoms with Crippen molar-refractivity contribution < 1.29 is 29.6 Å². The second kappa shape index (κ2) is 10.5. The third-order valence-corrected chi connectivity index (χ3v) is 5.35. The average molecular weight is 391 g/mol. The van der Waals surface area contributed by atoms with E-state index in [1.165, 1.54) is 0 Å². The summed E-state index contributed by atoms with van der Waals surface area (Å²) in [6.07, 6.45) is 7.61. The maximum Gasteiger partial charge on any atom is 0.160 e. The quantitative estimate of drug-likeness (QED) is 0.592. The number of hydrogen-bond donors (Lipinski definition) is 2. The monoisotopic (exact) mass is 391 g/mol. The van der Waals surface area contributed by atoms with Gasteiger partial charge in [-0.05, 0) is 68.6 Å². The second-order valence-electron chi connectivity index (χ2n) is 7.66. The number of ether oxygens (including phenoxy) is 2. The van der Waals surface area contributed by atoms with Gasteiger partial charge in [0.25, 0.3) is 0 Å². The summed E-state index contributed by atoms with van der Waals surface area (Å²) < 4.78 is 10.5. The van der Waals surface area contributed by atoms with E-state index in [0.29, 0.717) is 30.8 Å². The molecule has 1 aliphatic rings. The Kier molecular flexibility index (Phi) is 8.33. The molecule has 28 heavy (non-hydrogen) atoms. The first-order chi connectivity index (χ1) is 13.3. The number of aliphatic hydroxyl groups is 2. The zero-order valence-electron chi connectivity index (χ0n) is 16.7. The Morgan fingerprint density at radius 3 is 2.79 bits per heavy atom. The molecule has 3 unspecified atom stereocenters. The van der Waals surface area contributed by atoms with E-state index < -0.39 is 17.7 Å². The van der Waals surface area contributed by atoms with Crippen molar-refractivity contribution in [3.05, 3.63) is 35.9 Å². The lowest BCUT2D eigenvalue weighted by Gasteiger charge is -2.36. The molecule has 1 fully saturated rings. The maximum atomic E-state index is 10.8. The van der Waals surface area contributed by atoms with Crippen LogP contribution in [0.2, 0.25) is 0 Å². The van der Waals surface area contributed by atoms with Gasteiger partial charge in [0.05, 0.1) is 25.9 Å². The smallest absolute Gasteiger partial charge is 0.160 e. The number of aliphatic hydroxyl groups excluding tert-OH is 1. The Morgan fingerprint density at radius 2 is 2.11 bits per heavy atom. The summed E-state index contributed by atoms with van der Waals surface area (Å²) in [5, 5.41) is 31.4. The number of methoxy groups -OCH3 is 2. The number of hydrogen-bond acceptors (Lipinski definition) is 6. The maximum absolute atomic E-state index is 10.8. The van der Waals surface area contributed by atoms with Crippen molar-refractivity contribution in [2.75, 3.05) is 14.2 Å². The van der Waals surface area contributed by atoms with Crippen molar-refractivity contribution >= 4 is 5.97 Å². The molecule has 0 aromatic heterocycles. The summed E-state index contributed by atoms with van der Waals surface area (Å²) in [6.45, 7) is 0. The molecule has 2 rings (SSSR count). The van der Waals surface area contributed by atoms with Gasteiger partial charge in [-0.1, -0.05) is 18.2 Å². The first-order valence-electron chi connectivity index (χ1n) is 9.85. The topological polar surface area (TPSA) is 99.0 Å². The summed E-state index contributed by atoms with van der Waals surface area (Å²) in [6, 6.07) is 5.81. The Bertz CT molecular complexity index is 671. The van der Waals surface area contributed by atoms with Gasteiger partial charge in [-0.2, -0.15) is 0 Å². The molecule has 1 aliphatic carbocycles. The highest BCUT2D eigenvalue weighted by atomic mass is 16.5. The Morgan fingerprint density at radius 1 is 1.36 bits per heavy atom. The lowest BCUT2D eigenvalue weighted by molar-refractivity contribution is -0.309. The fourth-order valence-electron chi connectivity index (χ4n) is 3.91. The van der Waals surface area contributed by atoms with Gasteiger partial charge in [0.1, 0.15) is 0 Å². The molecule has 0 aliphatic heterocycles. The fraction of sp³-hybridized carbons (Fsp3) is 0.591. The van der Waals surface area contributed by atoms with Crippen LogP contribution in [0.1, 0.15) is 50.5 Å². The van der Waals surface area contributed by atoms with Gasteiger partial charge in [0.2, 0.25) is 0 Å². The molecule has 1 aromatic carbocycles. The van der Waals surface area contributed by atoms with E-state index in [2.05, 4.69) is 0 Å². The van der Waals surface area contributed by atoms with Gasteiger partial charge < -0.3 is 29.6 Å². The Labute approximate surface area is 166 Å². The normalized spacial score (nSPS) is 23.5. The van der Waals surface area contributed by atoms with Crippen LogP contribution in [0.4, 0.5) is 0 Å². The Balaban J connectivity index is 1.79. The number of rotatable bonds is 10. The van der Waals surface area contributed by atoms with E-state index in [-0.39, 0.29) is 12.3 Å². The Hall–Kier alpha value is -2.05. The fourth-order valence-corrected chi connectivity index (χ4v) is 3.91. The largest absolute Gasteiger partial charge is 0.550 e. The van der Waals surface area contributed by atoms with Crippen LogP contribution in [0.25, 0.3) is 0 Å². The van der Waals surface area contributed by atoms with Crippen molar-refractivity contribution in [3.63, 3.8) is 0 Å². The molecule has 0 spiro atoms. The molecular weight excluding hydrogens is 360 g/mol. The molecule has 156 valence electrons. The summed E-state index contributed by atoms with van der Waals surface area (Å²) in [4.78, 5) is 10.8. The van der Waals surface area contributed by atoms with E-state index in [9.17, 15) is 20.1 Å². The van der Waals surface area contributed by atoms with Gasteiger partial charge in [0.15, 0.2) is 11.5 Å². The number of allylic oxidation sites excluding steroid dienone is 1. The van der Waals surface area contributed by atoms with Crippen molar-refractivity contribution in [2.24, 2.45) is 5.92 Å². The number of carbonyl (C=O) groups excluding carboxylic acids is 1. The highest BCUT2D eigenvalue weighted by Gasteiger charge is 2.33. The molecule has 3 atom stereocenters. The summed E-state index contributed by atoms with van der Waals surface area (Å²) >= 11 is 0. The molecule has 0 amide bonds. The van der Waals surface area contributed by atoms with Crippen LogP contribution in [0.5, 0.6) is 11.5 Å². The molecule has 0 saturated heterocycles. The van der Waals surface area contributed by atoms with Crippen LogP contribution >= 0.6 is 0 Å². The lowest BCUT2D eigenvalue weighted by Crippen LogP contribution is -2.41. The van der Waals surface area contributed by atoms with E-state index in [1.807, 2.05) is 24.3 Å². The standard InChI is InChI=1S/C22H32O6/c1-27-19-11-9-16(13-20(19)28-2)5-3-7-18(23)10-8-17-6-4-12-22(26,14-17)15-21(24)25/h8-11,13,17-18,23,26H,3-7,12,14-15H2,1-2H3,(H,24,25)/p-1/b10-8+. The van der Waals surface area contributed by atoms with E-state index >= 15 is 0 Å². The second-order valence-corrected chi connectivity index (χ2v) is 7.66. The zero-order valence-corrected chi connectivity index (χ0v) is 16.7. The number of carboxylic acid groups (broad SMARTS) is 1. The van der Waals surface area contributed by atoms with Crippen LogP contribution in [0.3, 0.4) is 0 Å². The third-order valence-electron chi connectivity index (χ3n) is 5.35. The van der Waals surface area contributed by atoms with Gasteiger partial charge in [-0.3, -0.25) is 0 Å². The van der Waals surface area contributed by atoms with Gasteiger partial charge in [-0.25, -0.2) is 0 Å². The van der Waals surface area contributed by atoms with Crippen LogP contribution in [0, 0.1) is 5.92 Å². The molecule has 2 N–H and O–H groups in total. The minimum absolute atomic E-state index is 0.0820. The minimum atomic E-state index is -1.22. The van der Waals surface area contributed by atoms with Crippen molar-refractivity contribution in [3.8, 4) is 11.5 Å². The zero-order chi connectivity index (χ0) is 20.6. The number of carbonyl (C=O) groups is 1.